The zero-order valence-electron chi connectivity index (χ0n) is 17.2. The number of carbonyl (C=O) groups is 1. The van der Waals surface area contributed by atoms with E-state index in [9.17, 15) is 10.1 Å². The Morgan fingerprint density at radius 1 is 1.06 bits per heavy atom. The fourth-order valence-corrected chi connectivity index (χ4v) is 2.97. The molecule has 0 aromatic heterocycles. The summed E-state index contributed by atoms with van der Waals surface area (Å²) >= 11 is 6.09. The number of hydrogen-bond acceptors (Lipinski definition) is 4. The summed E-state index contributed by atoms with van der Waals surface area (Å²) in [6.45, 7) is 2.22. The molecular formula is C25H21ClN2O3. The number of amides is 1. The molecule has 31 heavy (non-hydrogen) atoms. The predicted octanol–water partition coefficient (Wildman–Crippen LogP) is 5.78. The third-order valence-electron chi connectivity index (χ3n) is 4.64. The van der Waals surface area contributed by atoms with Gasteiger partial charge < -0.3 is 14.8 Å². The van der Waals surface area contributed by atoms with E-state index in [-0.39, 0.29) is 5.57 Å². The number of hydrogen-bond donors (Lipinski definition) is 1. The minimum atomic E-state index is -0.493. The van der Waals surface area contributed by atoms with Crippen molar-refractivity contribution in [3.63, 3.8) is 0 Å². The number of halogens is 1. The molecule has 6 heteroatoms. The van der Waals surface area contributed by atoms with Crippen LogP contribution in [0.5, 0.6) is 11.5 Å². The van der Waals surface area contributed by atoms with E-state index in [0.29, 0.717) is 28.6 Å². The fraction of sp³-hybridized carbons (Fsp3) is 0.120. The van der Waals surface area contributed by atoms with Crippen molar-refractivity contribution in [3.05, 3.63) is 94.0 Å². The molecule has 3 aromatic carbocycles. The standard InChI is InChI=1S/C25H21ClN2O3/c1-17-23(26)4-3-5-24(17)28-25(29)20(15-27)14-18-6-12-22(13-7-18)31-16-19-8-10-21(30-2)11-9-19/h3-14H,16H2,1-2H3,(H,28,29)/b20-14+. The van der Waals surface area contributed by atoms with Gasteiger partial charge in [-0.25, -0.2) is 0 Å². The van der Waals surface area contributed by atoms with Gasteiger partial charge in [-0.15, -0.1) is 0 Å². The van der Waals surface area contributed by atoms with Crippen LogP contribution in [0.15, 0.2) is 72.3 Å². The molecule has 0 radical (unpaired) electrons. The number of benzene rings is 3. The molecule has 3 rings (SSSR count). The van der Waals surface area contributed by atoms with E-state index in [4.69, 9.17) is 21.1 Å². The van der Waals surface area contributed by atoms with Crippen molar-refractivity contribution in [2.45, 2.75) is 13.5 Å². The average molecular weight is 433 g/mol. The first-order valence-corrected chi connectivity index (χ1v) is 9.92. The van der Waals surface area contributed by atoms with Gasteiger partial charge in [-0.3, -0.25) is 4.79 Å². The van der Waals surface area contributed by atoms with Crippen LogP contribution in [-0.2, 0) is 11.4 Å². The number of rotatable bonds is 7. The molecule has 0 saturated heterocycles. The maximum Gasteiger partial charge on any atom is 0.266 e. The van der Waals surface area contributed by atoms with Crippen molar-refractivity contribution >= 4 is 29.3 Å². The summed E-state index contributed by atoms with van der Waals surface area (Å²) in [5.74, 6) is 0.987. The van der Waals surface area contributed by atoms with Crippen molar-refractivity contribution in [3.8, 4) is 17.6 Å². The van der Waals surface area contributed by atoms with Gasteiger partial charge in [0.15, 0.2) is 0 Å². The number of carbonyl (C=O) groups excluding carboxylic acids is 1. The third kappa shape index (κ3) is 5.88. The first-order chi connectivity index (χ1) is 15.0. The number of methoxy groups -OCH3 is 1. The molecule has 0 saturated carbocycles. The molecular weight excluding hydrogens is 412 g/mol. The predicted molar refractivity (Wildman–Crippen MR) is 122 cm³/mol. The van der Waals surface area contributed by atoms with Crippen molar-refractivity contribution in [1.82, 2.24) is 0 Å². The summed E-state index contributed by atoms with van der Waals surface area (Å²) < 4.78 is 10.9. The van der Waals surface area contributed by atoms with Gasteiger partial charge in [0.05, 0.1) is 7.11 Å². The summed E-state index contributed by atoms with van der Waals surface area (Å²) in [7, 11) is 1.63. The molecule has 156 valence electrons. The van der Waals surface area contributed by atoms with Gasteiger partial charge in [0.1, 0.15) is 29.7 Å². The summed E-state index contributed by atoms with van der Waals surface area (Å²) in [5.41, 5.74) is 3.04. The van der Waals surface area contributed by atoms with Gasteiger partial charge in [0.2, 0.25) is 0 Å². The van der Waals surface area contributed by atoms with E-state index >= 15 is 0 Å². The summed E-state index contributed by atoms with van der Waals surface area (Å²) in [6, 6.07) is 22.0. The lowest BCUT2D eigenvalue weighted by atomic mass is 10.1. The Kier molecular flexibility index (Phi) is 7.31. The molecule has 0 aliphatic carbocycles. The monoisotopic (exact) mass is 432 g/mol. The van der Waals surface area contributed by atoms with E-state index in [1.165, 1.54) is 6.08 Å². The van der Waals surface area contributed by atoms with Crippen LogP contribution in [0.2, 0.25) is 5.02 Å². The van der Waals surface area contributed by atoms with E-state index in [1.54, 1.807) is 56.5 Å². The molecule has 0 aliphatic rings. The first kappa shape index (κ1) is 21.9. The smallest absolute Gasteiger partial charge is 0.266 e. The molecule has 0 bridgehead atoms. The van der Waals surface area contributed by atoms with E-state index in [0.717, 1.165) is 16.9 Å². The maximum absolute atomic E-state index is 12.5. The summed E-state index contributed by atoms with van der Waals surface area (Å²) in [4.78, 5) is 12.5. The number of nitrogens with zero attached hydrogens (tertiary/aromatic N) is 1. The first-order valence-electron chi connectivity index (χ1n) is 9.54. The molecule has 0 aliphatic heterocycles. The number of nitriles is 1. The van der Waals surface area contributed by atoms with Gasteiger partial charge in [0.25, 0.3) is 5.91 Å². The van der Waals surface area contributed by atoms with Crippen molar-refractivity contribution in [2.75, 3.05) is 12.4 Å². The third-order valence-corrected chi connectivity index (χ3v) is 5.05. The Morgan fingerprint density at radius 3 is 2.39 bits per heavy atom. The summed E-state index contributed by atoms with van der Waals surface area (Å²) in [6.07, 6.45) is 1.53. The fourth-order valence-electron chi connectivity index (χ4n) is 2.80. The van der Waals surface area contributed by atoms with Crippen LogP contribution in [0.1, 0.15) is 16.7 Å². The topological polar surface area (TPSA) is 71.3 Å². The Morgan fingerprint density at radius 2 is 1.74 bits per heavy atom. The second kappa shape index (κ2) is 10.3. The quantitative estimate of drug-likeness (QED) is 0.379. The minimum absolute atomic E-state index is 0.00808. The van der Waals surface area contributed by atoms with Crippen LogP contribution in [0.3, 0.4) is 0 Å². The Hall–Kier alpha value is -3.75. The van der Waals surface area contributed by atoms with Gasteiger partial charge in [-0.2, -0.15) is 5.26 Å². The molecule has 0 heterocycles. The second-order valence-electron chi connectivity index (χ2n) is 6.74. The molecule has 0 atom stereocenters. The lowest BCUT2D eigenvalue weighted by Gasteiger charge is -2.09. The van der Waals surface area contributed by atoms with Crippen molar-refractivity contribution in [1.29, 1.82) is 5.26 Å². The van der Waals surface area contributed by atoms with Crippen LogP contribution in [0, 0.1) is 18.3 Å². The Bertz CT molecular complexity index is 1130. The van der Waals surface area contributed by atoms with Crippen LogP contribution < -0.4 is 14.8 Å². The van der Waals surface area contributed by atoms with E-state index < -0.39 is 5.91 Å². The molecule has 1 amide bonds. The van der Waals surface area contributed by atoms with Gasteiger partial charge in [-0.05, 0) is 66.1 Å². The van der Waals surface area contributed by atoms with E-state index in [2.05, 4.69) is 5.32 Å². The minimum Gasteiger partial charge on any atom is -0.497 e. The number of nitrogens with one attached hydrogen (secondary N) is 1. The SMILES string of the molecule is COc1ccc(COc2ccc(/C=C(\C#N)C(=O)Nc3cccc(Cl)c3C)cc2)cc1. The highest BCUT2D eigenvalue weighted by Crippen LogP contribution is 2.24. The highest BCUT2D eigenvalue weighted by atomic mass is 35.5. The van der Waals surface area contributed by atoms with E-state index in [1.807, 2.05) is 30.3 Å². The Labute approximate surface area is 186 Å². The maximum atomic E-state index is 12.5. The summed E-state index contributed by atoms with van der Waals surface area (Å²) in [5, 5.41) is 12.7. The zero-order chi connectivity index (χ0) is 22.2. The molecule has 0 unspecified atom stereocenters. The van der Waals surface area contributed by atoms with Crippen LogP contribution >= 0.6 is 11.6 Å². The molecule has 3 aromatic rings. The van der Waals surface area contributed by atoms with Crippen LogP contribution in [0.4, 0.5) is 5.69 Å². The van der Waals surface area contributed by atoms with Crippen LogP contribution in [-0.4, -0.2) is 13.0 Å². The average Bonchev–Trinajstić information content (AvgIpc) is 2.80. The Balaban J connectivity index is 1.65. The zero-order valence-corrected chi connectivity index (χ0v) is 17.9. The molecule has 0 fully saturated rings. The lowest BCUT2D eigenvalue weighted by Crippen LogP contribution is -2.14. The lowest BCUT2D eigenvalue weighted by molar-refractivity contribution is -0.112. The van der Waals surface area contributed by atoms with Gasteiger partial charge >= 0.3 is 0 Å². The number of ether oxygens (including phenoxy) is 2. The highest BCUT2D eigenvalue weighted by molar-refractivity contribution is 6.31. The van der Waals surface area contributed by atoms with Gasteiger partial charge in [0, 0.05) is 10.7 Å². The normalized spacial score (nSPS) is 10.8. The largest absolute Gasteiger partial charge is 0.497 e. The molecule has 0 spiro atoms. The molecule has 1 N–H and O–H groups in total. The highest BCUT2D eigenvalue weighted by Gasteiger charge is 2.12. The van der Waals surface area contributed by atoms with Crippen LogP contribution in [0.25, 0.3) is 6.08 Å². The number of anilines is 1. The van der Waals surface area contributed by atoms with Gasteiger partial charge in [-0.1, -0.05) is 41.9 Å². The van der Waals surface area contributed by atoms with Crippen molar-refractivity contribution in [2.24, 2.45) is 0 Å². The second-order valence-corrected chi connectivity index (χ2v) is 7.15. The molecule has 5 nitrogen and oxygen atoms in total. The van der Waals surface area contributed by atoms with Crippen molar-refractivity contribution < 1.29 is 14.3 Å².